The summed E-state index contributed by atoms with van der Waals surface area (Å²) >= 11 is 5.99. The maximum Gasteiger partial charge on any atom is 0.227 e. The molecule has 0 aromatic rings. The fraction of sp³-hybridized carbons (Fsp3) is 0.625. The smallest absolute Gasteiger partial charge is 0.227 e. The number of hydrogen-bond acceptors (Lipinski definition) is 7. The number of thiol groups is 1. The lowest BCUT2D eigenvalue weighted by Crippen LogP contribution is -2.29. The molecule has 3 heterocycles. The van der Waals surface area contributed by atoms with Gasteiger partial charge in [0.2, 0.25) is 11.6 Å². The van der Waals surface area contributed by atoms with Gasteiger partial charge >= 0.3 is 0 Å². The minimum atomic E-state index is 0.00546. The Labute approximate surface area is 147 Å². The standard InChI is InChI=1S/C12H13N3O2.C4H10S2/c16-9-7-8(13-1-2-13)12(17)11(15-5-6-15)10(9)14-3-4-14;1-3-6-4(2)5/h7H,1-6H2;4-5H,3H2,1-2H3. The summed E-state index contributed by atoms with van der Waals surface area (Å²) in [4.78, 5) is 30.5. The summed E-state index contributed by atoms with van der Waals surface area (Å²) in [6, 6.07) is 0. The molecule has 1 unspecified atom stereocenters. The SMILES string of the molecule is CCSC(C)S.O=C1C=C(N2CC2)C(=O)C(N2CC2)=C1N1CC1. The van der Waals surface area contributed by atoms with Crippen molar-refractivity contribution in [1.29, 1.82) is 0 Å². The highest BCUT2D eigenvalue weighted by Gasteiger charge is 2.43. The molecule has 3 fully saturated rings. The average molecular weight is 354 g/mol. The first-order valence-electron chi connectivity index (χ1n) is 8.12. The van der Waals surface area contributed by atoms with E-state index in [0.29, 0.717) is 21.7 Å². The highest BCUT2D eigenvalue weighted by Crippen LogP contribution is 2.33. The predicted octanol–water partition coefficient (Wildman–Crippen LogP) is 1.20. The van der Waals surface area contributed by atoms with Crippen LogP contribution in [0.2, 0.25) is 0 Å². The number of carbonyl (C=O) groups excluding carboxylic acids is 2. The topological polar surface area (TPSA) is 43.2 Å². The minimum absolute atomic E-state index is 0.00546. The van der Waals surface area contributed by atoms with Gasteiger partial charge in [0.05, 0.1) is 5.70 Å². The van der Waals surface area contributed by atoms with Gasteiger partial charge in [0, 0.05) is 49.9 Å². The van der Waals surface area contributed by atoms with Gasteiger partial charge in [0.25, 0.3) is 0 Å². The van der Waals surface area contributed by atoms with Crippen LogP contribution < -0.4 is 0 Å². The third-order valence-electron chi connectivity index (χ3n) is 3.90. The molecule has 3 saturated heterocycles. The van der Waals surface area contributed by atoms with Crippen LogP contribution in [0.25, 0.3) is 0 Å². The van der Waals surface area contributed by atoms with Crippen LogP contribution in [0.15, 0.2) is 23.2 Å². The summed E-state index contributed by atoms with van der Waals surface area (Å²) in [5, 5.41) is 0. The van der Waals surface area contributed by atoms with E-state index in [2.05, 4.69) is 26.5 Å². The van der Waals surface area contributed by atoms with Gasteiger partial charge in [0.1, 0.15) is 11.4 Å². The van der Waals surface area contributed by atoms with Crippen LogP contribution in [0.1, 0.15) is 13.8 Å². The van der Waals surface area contributed by atoms with Crippen molar-refractivity contribution in [2.45, 2.75) is 18.4 Å². The Bertz CT molecular complexity index is 574. The first kappa shape index (κ1) is 16.8. The molecule has 4 rings (SSSR count). The van der Waals surface area contributed by atoms with E-state index in [0.717, 1.165) is 39.3 Å². The quantitative estimate of drug-likeness (QED) is 0.347. The highest BCUT2D eigenvalue weighted by molar-refractivity contribution is 8.10. The number of nitrogens with zero attached hydrogens (tertiary/aromatic N) is 3. The zero-order chi connectivity index (χ0) is 16.6. The second kappa shape index (κ2) is 6.81. The molecule has 0 aromatic carbocycles. The zero-order valence-corrected chi connectivity index (χ0v) is 15.3. The molecule has 0 radical (unpaired) electrons. The summed E-state index contributed by atoms with van der Waals surface area (Å²) in [6.45, 7) is 9.62. The van der Waals surface area contributed by atoms with Gasteiger partial charge in [-0.05, 0) is 12.7 Å². The lowest BCUT2D eigenvalue weighted by atomic mass is 10.0. The summed E-state index contributed by atoms with van der Waals surface area (Å²) in [7, 11) is 0. The number of ketones is 2. The van der Waals surface area contributed by atoms with Crippen LogP contribution in [0.5, 0.6) is 0 Å². The van der Waals surface area contributed by atoms with Crippen LogP contribution in [0.4, 0.5) is 0 Å². The van der Waals surface area contributed by atoms with E-state index >= 15 is 0 Å². The monoisotopic (exact) mass is 353 g/mol. The average Bonchev–Trinajstić information content (AvgIpc) is 3.37. The molecule has 0 N–H and O–H groups in total. The number of hydrogen-bond donors (Lipinski definition) is 1. The van der Waals surface area contributed by atoms with Gasteiger partial charge in [0.15, 0.2) is 0 Å². The number of Topliss-reactive ketones (excluding diaryl/α,β-unsaturated/α-hetero) is 1. The molecule has 0 aromatic heterocycles. The largest absolute Gasteiger partial charge is 0.365 e. The van der Waals surface area contributed by atoms with E-state index in [-0.39, 0.29) is 11.6 Å². The van der Waals surface area contributed by atoms with Crippen molar-refractivity contribution >= 4 is 36.0 Å². The Morgan fingerprint density at radius 2 is 1.57 bits per heavy atom. The van der Waals surface area contributed by atoms with Crippen LogP contribution in [0, 0.1) is 0 Å². The summed E-state index contributed by atoms with van der Waals surface area (Å²) < 4.78 is 0.509. The molecule has 1 aliphatic carbocycles. The lowest BCUT2D eigenvalue weighted by Gasteiger charge is -2.21. The Hall–Kier alpha value is -1.08. The van der Waals surface area contributed by atoms with Gasteiger partial charge in [-0.15, -0.1) is 11.8 Å². The molecule has 23 heavy (non-hydrogen) atoms. The molecule has 126 valence electrons. The van der Waals surface area contributed by atoms with Crippen molar-refractivity contribution in [1.82, 2.24) is 14.7 Å². The Balaban J connectivity index is 0.000000227. The molecule has 1 atom stereocenters. The molecule has 0 amide bonds. The molecule has 0 spiro atoms. The van der Waals surface area contributed by atoms with Gasteiger partial charge in [-0.25, -0.2) is 0 Å². The molecule has 7 heteroatoms. The van der Waals surface area contributed by atoms with Crippen molar-refractivity contribution in [3.8, 4) is 0 Å². The van der Waals surface area contributed by atoms with Gasteiger partial charge < -0.3 is 14.7 Å². The molecule has 5 nitrogen and oxygen atoms in total. The summed E-state index contributed by atoms with van der Waals surface area (Å²) in [6.07, 6.45) is 1.52. The molecular weight excluding hydrogens is 330 g/mol. The number of carbonyl (C=O) groups is 2. The second-order valence-corrected chi connectivity index (χ2v) is 8.68. The number of rotatable bonds is 5. The first-order valence-corrected chi connectivity index (χ1v) is 9.69. The molecular formula is C16H23N3O2S2. The maximum atomic E-state index is 12.4. The van der Waals surface area contributed by atoms with E-state index in [1.54, 1.807) is 0 Å². The fourth-order valence-corrected chi connectivity index (χ4v) is 3.45. The van der Waals surface area contributed by atoms with Crippen LogP contribution in [0.3, 0.4) is 0 Å². The Morgan fingerprint density at radius 3 is 1.96 bits per heavy atom. The minimum Gasteiger partial charge on any atom is -0.365 e. The third kappa shape index (κ3) is 4.07. The second-order valence-electron chi connectivity index (χ2n) is 5.94. The third-order valence-corrected chi connectivity index (χ3v) is 5.16. The van der Waals surface area contributed by atoms with Gasteiger partial charge in [-0.1, -0.05) is 6.92 Å². The van der Waals surface area contributed by atoms with Crippen molar-refractivity contribution in [2.24, 2.45) is 0 Å². The molecule has 0 bridgehead atoms. The Morgan fingerprint density at radius 1 is 1.04 bits per heavy atom. The highest BCUT2D eigenvalue weighted by atomic mass is 32.2. The van der Waals surface area contributed by atoms with Crippen LogP contribution in [-0.2, 0) is 9.59 Å². The number of allylic oxidation sites excluding steroid dienone is 1. The van der Waals surface area contributed by atoms with E-state index < -0.39 is 0 Å². The normalized spacial score (nSPS) is 23.4. The number of thioether (sulfide) groups is 1. The van der Waals surface area contributed by atoms with Gasteiger partial charge in [-0.2, -0.15) is 12.6 Å². The Kier molecular flexibility index (Phi) is 4.96. The van der Waals surface area contributed by atoms with E-state index in [1.165, 1.54) is 11.8 Å². The van der Waals surface area contributed by atoms with Crippen molar-refractivity contribution < 1.29 is 9.59 Å². The zero-order valence-electron chi connectivity index (χ0n) is 13.6. The van der Waals surface area contributed by atoms with Crippen LogP contribution >= 0.6 is 24.4 Å². The lowest BCUT2D eigenvalue weighted by molar-refractivity contribution is -0.117. The summed E-state index contributed by atoms with van der Waals surface area (Å²) in [5.41, 5.74) is 1.89. The maximum absolute atomic E-state index is 12.4. The van der Waals surface area contributed by atoms with Crippen molar-refractivity contribution in [2.75, 3.05) is 45.0 Å². The van der Waals surface area contributed by atoms with Gasteiger partial charge in [-0.3, -0.25) is 9.59 Å². The molecule has 3 aliphatic heterocycles. The van der Waals surface area contributed by atoms with Crippen molar-refractivity contribution in [3.63, 3.8) is 0 Å². The molecule has 4 aliphatic rings. The van der Waals surface area contributed by atoms with Crippen molar-refractivity contribution in [3.05, 3.63) is 23.2 Å². The fourth-order valence-electron chi connectivity index (χ4n) is 2.52. The first-order chi connectivity index (χ1) is 11.0. The predicted molar refractivity (Wildman–Crippen MR) is 96.4 cm³/mol. The van der Waals surface area contributed by atoms with E-state index in [4.69, 9.17) is 0 Å². The van der Waals surface area contributed by atoms with E-state index in [1.807, 2.05) is 26.5 Å². The van der Waals surface area contributed by atoms with Crippen LogP contribution in [-0.4, -0.2) is 75.9 Å². The van der Waals surface area contributed by atoms with E-state index in [9.17, 15) is 9.59 Å². The summed E-state index contributed by atoms with van der Waals surface area (Å²) in [5.74, 6) is 1.22. The molecule has 0 saturated carbocycles.